The Kier molecular flexibility index (Phi) is 7.84. The Hall–Kier alpha value is -0.870. The second-order valence-electron chi connectivity index (χ2n) is 15.1. The zero-order valence-corrected chi connectivity index (χ0v) is 24.5. The average Bonchev–Trinajstić information content (AvgIpc) is 3.11. The van der Waals surface area contributed by atoms with Crippen molar-refractivity contribution in [2.75, 3.05) is 6.61 Å². The molecule has 0 aliphatic heterocycles. The molecule has 0 aromatic heterocycles. The molecule has 3 saturated carbocycles. The first-order valence-electron chi connectivity index (χ1n) is 14.9. The molecule has 206 valence electrons. The van der Waals surface area contributed by atoms with Crippen molar-refractivity contribution in [1.29, 1.82) is 0 Å². The van der Waals surface area contributed by atoms with Crippen molar-refractivity contribution >= 4 is 5.97 Å². The van der Waals surface area contributed by atoms with Crippen LogP contribution in [0.1, 0.15) is 120 Å². The quantitative estimate of drug-likeness (QED) is 0.290. The van der Waals surface area contributed by atoms with E-state index in [2.05, 4.69) is 26.8 Å². The van der Waals surface area contributed by atoms with Gasteiger partial charge < -0.3 is 14.6 Å². The average molecular weight is 503 g/mol. The van der Waals surface area contributed by atoms with Gasteiger partial charge in [0, 0.05) is 0 Å². The van der Waals surface area contributed by atoms with Crippen molar-refractivity contribution in [3.8, 4) is 0 Å². The molecule has 4 aliphatic rings. The van der Waals surface area contributed by atoms with Crippen LogP contribution in [0.5, 0.6) is 0 Å². The van der Waals surface area contributed by atoms with Crippen LogP contribution < -0.4 is 0 Å². The lowest BCUT2D eigenvalue weighted by Gasteiger charge is -2.58. The van der Waals surface area contributed by atoms with Crippen LogP contribution in [0, 0.1) is 40.4 Å². The minimum Gasteiger partial charge on any atom is -0.458 e. The first-order valence-corrected chi connectivity index (χ1v) is 14.9. The molecule has 3 fully saturated rings. The van der Waals surface area contributed by atoms with Gasteiger partial charge in [-0.2, -0.15) is 0 Å². The molecule has 8 atom stereocenters. The number of carbonyl (C=O) groups excluding carboxylic acids is 1. The summed E-state index contributed by atoms with van der Waals surface area (Å²) in [6.45, 7) is 17.3. The van der Waals surface area contributed by atoms with E-state index in [4.69, 9.17) is 9.47 Å². The zero-order valence-electron chi connectivity index (χ0n) is 24.5. The van der Waals surface area contributed by atoms with Crippen molar-refractivity contribution in [1.82, 2.24) is 0 Å². The summed E-state index contributed by atoms with van der Waals surface area (Å²) in [5, 5.41) is 10.3. The molecule has 0 spiro atoms. The fourth-order valence-corrected chi connectivity index (χ4v) is 9.08. The molecular formula is C32H54O4. The summed E-state index contributed by atoms with van der Waals surface area (Å²) in [4.78, 5) is 12.2. The second-order valence-corrected chi connectivity index (χ2v) is 15.1. The Morgan fingerprint density at radius 1 is 1.08 bits per heavy atom. The van der Waals surface area contributed by atoms with E-state index in [1.807, 2.05) is 34.6 Å². The fourth-order valence-electron chi connectivity index (χ4n) is 9.08. The van der Waals surface area contributed by atoms with Gasteiger partial charge in [0.05, 0.1) is 11.7 Å². The predicted octanol–water partition coefficient (Wildman–Crippen LogP) is 7.48. The fraction of sp³-hybridized carbons (Fsp3) is 0.906. The zero-order chi connectivity index (χ0) is 26.5. The lowest BCUT2D eigenvalue weighted by atomic mass is 9.47. The molecule has 1 N–H and O–H groups in total. The molecule has 4 nitrogen and oxygen atoms in total. The Balaban J connectivity index is 1.40. The normalized spacial score (nSPS) is 39.5. The monoisotopic (exact) mass is 502 g/mol. The van der Waals surface area contributed by atoms with Gasteiger partial charge >= 0.3 is 5.97 Å². The molecule has 4 heteroatoms. The molecule has 0 saturated heterocycles. The number of hydrogen-bond donors (Lipinski definition) is 1. The summed E-state index contributed by atoms with van der Waals surface area (Å²) in [5.74, 6) is 3.65. The molecule has 0 radical (unpaired) electrons. The molecule has 0 unspecified atom stereocenters. The van der Waals surface area contributed by atoms with Crippen LogP contribution in [0.4, 0.5) is 0 Å². The van der Waals surface area contributed by atoms with Crippen LogP contribution >= 0.6 is 0 Å². The van der Waals surface area contributed by atoms with Gasteiger partial charge in [-0.1, -0.05) is 32.4 Å². The Morgan fingerprint density at radius 3 is 2.47 bits per heavy atom. The summed E-state index contributed by atoms with van der Waals surface area (Å²) in [7, 11) is 0. The number of ether oxygens (including phenoxy) is 2. The summed E-state index contributed by atoms with van der Waals surface area (Å²) in [6, 6.07) is 0. The molecule has 0 amide bonds. The maximum absolute atomic E-state index is 12.2. The Morgan fingerprint density at radius 2 is 1.81 bits per heavy atom. The minimum absolute atomic E-state index is 0.0610. The first-order chi connectivity index (χ1) is 16.6. The van der Waals surface area contributed by atoms with Crippen LogP contribution in [0.25, 0.3) is 0 Å². The van der Waals surface area contributed by atoms with Crippen molar-refractivity contribution in [2.24, 2.45) is 40.4 Å². The highest BCUT2D eigenvalue weighted by Crippen LogP contribution is 2.67. The highest BCUT2D eigenvalue weighted by molar-refractivity contribution is 5.71. The van der Waals surface area contributed by atoms with Crippen LogP contribution in [-0.4, -0.2) is 35.0 Å². The number of aliphatic hydroxyl groups is 1. The van der Waals surface area contributed by atoms with Crippen LogP contribution in [-0.2, 0) is 14.3 Å². The van der Waals surface area contributed by atoms with Crippen LogP contribution in [0.15, 0.2) is 11.6 Å². The van der Waals surface area contributed by atoms with E-state index in [1.165, 1.54) is 38.5 Å². The molecule has 4 aliphatic carbocycles. The predicted molar refractivity (Wildman–Crippen MR) is 145 cm³/mol. The highest BCUT2D eigenvalue weighted by Gasteiger charge is 2.59. The number of esters is 1. The number of rotatable bonds is 7. The largest absolute Gasteiger partial charge is 0.458 e. The third kappa shape index (κ3) is 5.75. The maximum atomic E-state index is 12.2. The molecule has 4 rings (SSSR count). The standard InChI is InChI=1S/C32H54O4/c1-21(13-16-30(5,6)34)25-11-12-26-24-10-9-22-19-23(35-20-28(33)36-29(2,3)4)14-17-31(22,7)27(24)15-18-32(25,26)8/h9,21,23-27,34H,10-20H2,1-8H3/t21-,23+,24+,25-,26+,27+,31+,32-/m1/s1. The van der Waals surface area contributed by atoms with E-state index < -0.39 is 11.2 Å². The summed E-state index contributed by atoms with van der Waals surface area (Å²) in [5.41, 5.74) is 1.32. The Bertz CT molecular complexity index is 832. The lowest BCUT2D eigenvalue weighted by molar-refractivity contribution is -0.163. The van der Waals surface area contributed by atoms with Gasteiger partial charge in [0.15, 0.2) is 0 Å². The SMILES string of the molecule is C[C@H](CCC(C)(C)O)[C@H]1CC[C@H]2[C@@H]3CC=C4C[C@@H](OCC(=O)OC(C)(C)C)CC[C@]4(C)[C@H]3CC[C@]12C. The molecule has 0 aromatic rings. The number of carbonyl (C=O) groups is 1. The van der Waals surface area contributed by atoms with Gasteiger partial charge in [-0.05, 0) is 139 Å². The van der Waals surface area contributed by atoms with Gasteiger partial charge in [-0.15, -0.1) is 0 Å². The smallest absolute Gasteiger partial charge is 0.332 e. The van der Waals surface area contributed by atoms with E-state index in [0.29, 0.717) is 16.7 Å². The maximum Gasteiger partial charge on any atom is 0.332 e. The number of allylic oxidation sites excluding steroid dienone is 1. The number of fused-ring (bicyclic) bond motifs is 5. The molecular weight excluding hydrogens is 448 g/mol. The number of hydrogen-bond acceptors (Lipinski definition) is 4. The molecule has 36 heavy (non-hydrogen) atoms. The van der Waals surface area contributed by atoms with E-state index in [-0.39, 0.29) is 18.7 Å². The van der Waals surface area contributed by atoms with Crippen molar-refractivity contribution in [3.05, 3.63) is 11.6 Å². The summed E-state index contributed by atoms with van der Waals surface area (Å²) < 4.78 is 11.5. The third-order valence-electron chi connectivity index (χ3n) is 10.9. The molecule has 0 aromatic carbocycles. The first kappa shape index (κ1) is 28.1. The van der Waals surface area contributed by atoms with Gasteiger partial charge in [0.2, 0.25) is 0 Å². The van der Waals surface area contributed by atoms with Gasteiger partial charge in [-0.3, -0.25) is 0 Å². The van der Waals surface area contributed by atoms with Gasteiger partial charge in [0.25, 0.3) is 0 Å². The topological polar surface area (TPSA) is 55.8 Å². The Labute approximate surface area is 221 Å². The van der Waals surface area contributed by atoms with E-state index in [9.17, 15) is 9.90 Å². The minimum atomic E-state index is -0.556. The third-order valence-corrected chi connectivity index (χ3v) is 10.9. The summed E-state index contributed by atoms with van der Waals surface area (Å²) in [6.07, 6.45) is 14.6. The van der Waals surface area contributed by atoms with E-state index in [0.717, 1.165) is 49.4 Å². The van der Waals surface area contributed by atoms with Crippen molar-refractivity contribution in [3.63, 3.8) is 0 Å². The summed E-state index contributed by atoms with van der Waals surface area (Å²) >= 11 is 0. The van der Waals surface area contributed by atoms with Crippen LogP contribution in [0.3, 0.4) is 0 Å². The molecule has 0 bridgehead atoms. The van der Waals surface area contributed by atoms with E-state index >= 15 is 0 Å². The second kappa shape index (κ2) is 10.0. The van der Waals surface area contributed by atoms with Crippen LogP contribution in [0.2, 0.25) is 0 Å². The highest BCUT2D eigenvalue weighted by atomic mass is 16.6. The van der Waals surface area contributed by atoms with E-state index in [1.54, 1.807) is 5.57 Å². The molecule has 0 heterocycles. The van der Waals surface area contributed by atoms with Crippen molar-refractivity contribution < 1.29 is 19.4 Å². The van der Waals surface area contributed by atoms with Gasteiger partial charge in [-0.25, -0.2) is 4.79 Å². The lowest BCUT2D eigenvalue weighted by Crippen LogP contribution is -2.51. The van der Waals surface area contributed by atoms with Crippen molar-refractivity contribution in [2.45, 2.75) is 137 Å². The van der Waals surface area contributed by atoms with Gasteiger partial charge in [0.1, 0.15) is 12.2 Å².